The lowest BCUT2D eigenvalue weighted by atomic mass is 10.1. The van der Waals surface area contributed by atoms with Gasteiger partial charge in [-0.1, -0.05) is 0 Å². The van der Waals surface area contributed by atoms with Crippen LogP contribution in [0.5, 0.6) is 0 Å². The Kier molecular flexibility index (Phi) is 5.91. The Morgan fingerprint density at radius 2 is 1.82 bits per heavy atom. The van der Waals surface area contributed by atoms with Crippen molar-refractivity contribution in [3.05, 3.63) is 62.5 Å². The number of carbonyl (C=O) groups excluding carboxylic acids is 2. The first-order valence-electron chi connectivity index (χ1n) is 8.09. The lowest BCUT2D eigenvalue weighted by Gasteiger charge is -2.12. The minimum atomic E-state index is -4.44. The fraction of sp³-hybridized carbons (Fsp3) is 0.333. The summed E-state index contributed by atoms with van der Waals surface area (Å²) in [6, 6.07) is 4.93. The van der Waals surface area contributed by atoms with Crippen LogP contribution in [0.3, 0.4) is 0 Å². The molecule has 0 fully saturated rings. The summed E-state index contributed by atoms with van der Waals surface area (Å²) in [7, 11) is 0. The molecule has 0 saturated carbocycles. The number of aromatic nitrogens is 1. The number of esters is 1. The number of ketones is 1. The van der Waals surface area contributed by atoms with Crippen LogP contribution in [0.2, 0.25) is 0 Å². The minimum Gasteiger partial charge on any atom is -0.454 e. The SMILES string of the molecule is Cc1cc(C(=O)OCC(=O)c2cc(C)n(CC(F)(F)F)c2C)ccc1[N+](=O)[O-]. The largest absolute Gasteiger partial charge is 0.454 e. The molecule has 0 aliphatic rings. The second kappa shape index (κ2) is 7.83. The number of Topliss-reactive ketones (excluding diaryl/α,β-unsaturated/α-hetero) is 1. The van der Waals surface area contributed by atoms with Crippen LogP contribution in [0.4, 0.5) is 18.9 Å². The Balaban J connectivity index is 2.10. The fourth-order valence-electron chi connectivity index (χ4n) is 2.79. The van der Waals surface area contributed by atoms with E-state index >= 15 is 0 Å². The molecule has 1 aromatic carbocycles. The lowest BCUT2D eigenvalue weighted by molar-refractivity contribution is -0.385. The number of hydrogen-bond donors (Lipinski definition) is 0. The fourth-order valence-corrected chi connectivity index (χ4v) is 2.79. The first kappa shape index (κ1) is 21.1. The van der Waals surface area contributed by atoms with E-state index in [2.05, 4.69) is 0 Å². The van der Waals surface area contributed by atoms with Crippen molar-refractivity contribution in [2.45, 2.75) is 33.5 Å². The van der Waals surface area contributed by atoms with Gasteiger partial charge in [-0.25, -0.2) is 4.79 Å². The molecular formula is C18H17F3N2O5. The number of nitrogens with zero attached hydrogens (tertiary/aromatic N) is 2. The molecule has 2 aromatic rings. The number of alkyl halides is 3. The molecule has 1 heterocycles. The second-order valence-corrected chi connectivity index (χ2v) is 6.24. The highest BCUT2D eigenvalue weighted by atomic mass is 19.4. The summed E-state index contributed by atoms with van der Waals surface area (Å²) in [4.78, 5) is 34.5. The first-order valence-corrected chi connectivity index (χ1v) is 8.09. The molecule has 0 saturated heterocycles. The molecule has 0 spiro atoms. The molecule has 2 rings (SSSR count). The van der Waals surface area contributed by atoms with E-state index in [9.17, 15) is 32.9 Å². The predicted octanol–water partition coefficient (Wildman–Crippen LogP) is 3.92. The monoisotopic (exact) mass is 398 g/mol. The topological polar surface area (TPSA) is 91.4 Å². The average Bonchev–Trinajstić information content (AvgIpc) is 2.85. The predicted molar refractivity (Wildman–Crippen MR) is 92.4 cm³/mol. The van der Waals surface area contributed by atoms with Gasteiger partial charge in [-0.2, -0.15) is 13.2 Å². The number of ether oxygens (including phenoxy) is 1. The third-order valence-electron chi connectivity index (χ3n) is 4.17. The molecule has 28 heavy (non-hydrogen) atoms. The van der Waals surface area contributed by atoms with Gasteiger partial charge < -0.3 is 9.30 Å². The zero-order valence-corrected chi connectivity index (χ0v) is 15.3. The Bertz CT molecular complexity index is 947. The maximum absolute atomic E-state index is 12.6. The van der Waals surface area contributed by atoms with E-state index in [4.69, 9.17) is 4.74 Å². The van der Waals surface area contributed by atoms with E-state index in [1.807, 2.05) is 0 Å². The van der Waals surface area contributed by atoms with E-state index < -0.39 is 36.0 Å². The van der Waals surface area contributed by atoms with Crippen LogP contribution in [-0.2, 0) is 11.3 Å². The normalized spacial score (nSPS) is 11.4. The van der Waals surface area contributed by atoms with Crippen molar-refractivity contribution in [3.8, 4) is 0 Å². The Labute approximate surface area is 157 Å². The summed E-state index contributed by atoms with van der Waals surface area (Å²) >= 11 is 0. The molecule has 0 bridgehead atoms. The van der Waals surface area contributed by atoms with Crippen molar-refractivity contribution in [1.29, 1.82) is 0 Å². The number of rotatable bonds is 6. The molecule has 7 nitrogen and oxygen atoms in total. The molecule has 0 amide bonds. The highest BCUT2D eigenvalue weighted by molar-refractivity contribution is 6.00. The molecule has 1 aromatic heterocycles. The van der Waals surface area contributed by atoms with Gasteiger partial charge in [0.05, 0.1) is 10.5 Å². The number of nitro benzene ring substituents is 1. The summed E-state index contributed by atoms with van der Waals surface area (Å²) < 4.78 is 43.8. The van der Waals surface area contributed by atoms with Crippen LogP contribution in [-0.4, -0.2) is 34.0 Å². The van der Waals surface area contributed by atoms with E-state index in [1.165, 1.54) is 39.0 Å². The number of hydrogen-bond acceptors (Lipinski definition) is 5. The highest BCUT2D eigenvalue weighted by Crippen LogP contribution is 2.24. The molecule has 0 atom stereocenters. The van der Waals surface area contributed by atoms with Crippen LogP contribution >= 0.6 is 0 Å². The first-order chi connectivity index (χ1) is 12.9. The van der Waals surface area contributed by atoms with Crippen molar-refractivity contribution in [2.24, 2.45) is 0 Å². The Hall–Kier alpha value is -3.17. The molecular weight excluding hydrogens is 381 g/mol. The third kappa shape index (κ3) is 4.76. The van der Waals surface area contributed by atoms with Crippen molar-refractivity contribution in [2.75, 3.05) is 6.61 Å². The van der Waals surface area contributed by atoms with Crippen LogP contribution in [0.15, 0.2) is 24.3 Å². The summed E-state index contributed by atoms with van der Waals surface area (Å²) in [6.45, 7) is 2.40. The summed E-state index contributed by atoms with van der Waals surface area (Å²) in [5.74, 6) is -1.51. The molecule has 0 unspecified atom stereocenters. The van der Waals surface area contributed by atoms with Gasteiger partial charge in [0.1, 0.15) is 6.54 Å². The quantitative estimate of drug-likeness (QED) is 0.318. The Morgan fingerprint density at radius 3 is 2.36 bits per heavy atom. The molecule has 0 radical (unpaired) electrons. The van der Waals surface area contributed by atoms with Gasteiger partial charge in [0.2, 0.25) is 5.78 Å². The van der Waals surface area contributed by atoms with Crippen molar-refractivity contribution < 1.29 is 32.4 Å². The van der Waals surface area contributed by atoms with Crippen LogP contribution in [0.25, 0.3) is 0 Å². The van der Waals surface area contributed by atoms with Crippen molar-refractivity contribution in [1.82, 2.24) is 4.57 Å². The van der Waals surface area contributed by atoms with Crippen LogP contribution in [0.1, 0.15) is 37.7 Å². The van der Waals surface area contributed by atoms with E-state index in [0.29, 0.717) is 0 Å². The van der Waals surface area contributed by atoms with Gasteiger partial charge in [-0.05, 0) is 39.0 Å². The summed E-state index contributed by atoms with van der Waals surface area (Å²) in [6.07, 6.45) is -4.44. The Morgan fingerprint density at radius 1 is 1.18 bits per heavy atom. The zero-order valence-electron chi connectivity index (χ0n) is 15.3. The van der Waals surface area contributed by atoms with Gasteiger partial charge in [-0.15, -0.1) is 0 Å². The van der Waals surface area contributed by atoms with Crippen molar-refractivity contribution >= 4 is 17.4 Å². The highest BCUT2D eigenvalue weighted by Gasteiger charge is 2.30. The van der Waals surface area contributed by atoms with Gasteiger partial charge in [0, 0.05) is 28.6 Å². The number of halogens is 3. The van der Waals surface area contributed by atoms with E-state index in [0.717, 1.165) is 10.6 Å². The van der Waals surface area contributed by atoms with Crippen LogP contribution in [0, 0.1) is 30.9 Å². The molecule has 150 valence electrons. The van der Waals surface area contributed by atoms with E-state index in [1.54, 1.807) is 0 Å². The molecule has 0 aliphatic carbocycles. The lowest BCUT2D eigenvalue weighted by Crippen LogP contribution is -2.20. The third-order valence-corrected chi connectivity index (χ3v) is 4.17. The average molecular weight is 398 g/mol. The van der Waals surface area contributed by atoms with Gasteiger partial charge in [-0.3, -0.25) is 14.9 Å². The molecule has 0 aliphatic heterocycles. The van der Waals surface area contributed by atoms with Gasteiger partial charge >= 0.3 is 12.1 Å². The molecule has 10 heteroatoms. The number of benzene rings is 1. The maximum atomic E-state index is 12.6. The smallest absolute Gasteiger partial charge is 0.406 e. The van der Waals surface area contributed by atoms with Gasteiger partial charge in [0.25, 0.3) is 5.69 Å². The summed E-state index contributed by atoms with van der Waals surface area (Å²) in [5, 5.41) is 10.8. The maximum Gasteiger partial charge on any atom is 0.406 e. The van der Waals surface area contributed by atoms with Gasteiger partial charge in [0.15, 0.2) is 6.61 Å². The van der Waals surface area contributed by atoms with Crippen LogP contribution < -0.4 is 0 Å². The molecule has 0 N–H and O–H groups in total. The number of nitro groups is 1. The standard InChI is InChI=1S/C18H17F3N2O5/c1-10-6-13(4-5-15(10)23(26)27)17(25)28-8-16(24)14-7-11(2)22(12(14)3)9-18(19,20)21/h4-7H,8-9H2,1-3H3. The summed E-state index contributed by atoms with van der Waals surface area (Å²) in [5.41, 5.74) is 0.539. The van der Waals surface area contributed by atoms with Crippen molar-refractivity contribution in [3.63, 3.8) is 0 Å². The minimum absolute atomic E-state index is 0.0263. The van der Waals surface area contributed by atoms with E-state index in [-0.39, 0.29) is 33.8 Å². The second-order valence-electron chi connectivity index (χ2n) is 6.24. The number of carbonyl (C=O) groups is 2. The number of aryl methyl sites for hydroxylation is 2. The zero-order chi connectivity index (χ0) is 21.2.